The molecule has 110 valence electrons. The molecule has 1 aliphatic rings. The molecule has 1 N–H and O–H groups in total. The molecule has 4 nitrogen and oxygen atoms in total. The lowest BCUT2D eigenvalue weighted by Crippen LogP contribution is -2.53. The van der Waals surface area contributed by atoms with Crippen LogP contribution in [0, 0.1) is 0 Å². The summed E-state index contributed by atoms with van der Waals surface area (Å²) in [6.45, 7) is 8.42. The van der Waals surface area contributed by atoms with Crippen molar-refractivity contribution in [1.82, 2.24) is 15.1 Å². The SMILES string of the molecule is CC(C)N1CCN(C(=O)NCc2ccc(Cl)cc2)CC1. The maximum absolute atomic E-state index is 12.1. The van der Waals surface area contributed by atoms with Gasteiger partial charge in [0.1, 0.15) is 0 Å². The molecule has 5 heteroatoms. The van der Waals surface area contributed by atoms with Gasteiger partial charge in [-0.3, -0.25) is 4.90 Å². The van der Waals surface area contributed by atoms with Crippen LogP contribution in [0.4, 0.5) is 4.79 Å². The van der Waals surface area contributed by atoms with Crippen LogP contribution in [0.5, 0.6) is 0 Å². The molecule has 20 heavy (non-hydrogen) atoms. The molecule has 0 atom stereocenters. The number of benzene rings is 1. The van der Waals surface area contributed by atoms with Gasteiger partial charge < -0.3 is 10.2 Å². The van der Waals surface area contributed by atoms with Gasteiger partial charge >= 0.3 is 6.03 Å². The smallest absolute Gasteiger partial charge is 0.317 e. The minimum Gasteiger partial charge on any atom is -0.334 e. The predicted molar refractivity (Wildman–Crippen MR) is 82.0 cm³/mol. The van der Waals surface area contributed by atoms with Gasteiger partial charge in [-0.1, -0.05) is 23.7 Å². The van der Waals surface area contributed by atoms with Crippen molar-refractivity contribution in [2.24, 2.45) is 0 Å². The van der Waals surface area contributed by atoms with Crippen LogP contribution in [0.2, 0.25) is 5.02 Å². The lowest BCUT2D eigenvalue weighted by molar-refractivity contribution is 0.119. The van der Waals surface area contributed by atoms with Crippen LogP contribution in [0.25, 0.3) is 0 Å². The van der Waals surface area contributed by atoms with Gasteiger partial charge in [0.05, 0.1) is 0 Å². The first-order chi connectivity index (χ1) is 9.56. The van der Waals surface area contributed by atoms with Crippen LogP contribution in [-0.4, -0.2) is 48.1 Å². The van der Waals surface area contributed by atoms with Gasteiger partial charge in [-0.15, -0.1) is 0 Å². The van der Waals surface area contributed by atoms with Crippen molar-refractivity contribution in [2.45, 2.75) is 26.4 Å². The minimum atomic E-state index is 0.0170. The molecule has 1 aromatic carbocycles. The van der Waals surface area contributed by atoms with Gasteiger partial charge in [0.15, 0.2) is 0 Å². The Labute approximate surface area is 125 Å². The highest BCUT2D eigenvalue weighted by Gasteiger charge is 2.21. The fraction of sp³-hybridized carbons (Fsp3) is 0.533. The second-order valence-electron chi connectivity index (χ2n) is 5.40. The molecule has 0 aliphatic carbocycles. The van der Waals surface area contributed by atoms with E-state index in [0.29, 0.717) is 17.6 Å². The number of hydrogen-bond acceptors (Lipinski definition) is 2. The number of carbonyl (C=O) groups is 1. The van der Waals surface area contributed by atoms with Crippen molar-refractivity contribution in [1.29, 1.82) is 0 Å². The number of amides is 2. The highest BCUT2D eigenvalue weighted by atomic mass is 35.5. The number of halogens is 1. The van der Waals surface area contributed by atoms with Crippen LogP contribution in [0.1, 0.15) is 19.4 Å². The summed E-state index contributed by atoms with van der Waals surface area (Å²) in [4.78, 5) is 16.4. The Morgan fingerprint density at radius 1 is 1.20 bits per heavy atom. The van der Waals surface area contributed by atoms with Gasteiger partial charge in [0, 0.05) is 43.8 Å². The largest absolute Gasteiger partial charge is 0.334 e. The summed E-state index contributed by atoms with van der Waals surface area (Å²) in [6, 6.07) is 8.10. The molecule has 0 saturated carbocycles. The summed E-state index contributed by atoms with van der Waals surface area (Å²) in [5.74, 6) is 0. The van der Waals surface area contributed by atoms with Gasteiger partial charge in [-0.2, -0.15) is 0 Å². The molecule has 0 bridgehead atoms. The number of carbonyl (C=O) groups excluding carboxylic acids is 1. The van der Waals surface area contributed by atoms with Crippen LogP contribution >= 0.6 is 11.6 Å². The Balaban J connectivity index is 1.77. The van der Waals surface area contributed by atoms with Crippen molar-refractivity contribution in [3.8, 4) is 0 Å². The third kappa shape index (κ3) is 4.12. The highest BCUT2D eigenvalue weighted by molar-refractivity contribution is 6.30. The molecule has 1 aromatic rings. The highest BCUT2D eigenvalue weighted by Crippen LogP contribution is 2.10. The molecule has 0 unspecified atom stereocenters. The topological polar surface area (TPSA) is 35.6 Å². The van der Waals surface area contributed by atoms with E-state index in [4.69, 9.17) is 11.6 Å². The summed E-state index contributed by atoms with van der Waals surface area (Å²) in [5, 5.41) is 3.67. The molecular formula is C15H22ClN3O. The van der Waals surface area contributed by atoms with Gasteiger partial charge in [-0.05, 0) is 31.5 Å². The first kappa shape index (κ1) is 15.1. The first-order valence-corrected chi connectivity index (χ1v) is 7.45. The summed E-state index contributed by atoms with van der Waals surface area (Å²) in [6.07, 6.45) is 0. The molecular weight excluding hydrogens is 274 g/mol. The summed E-state index contributed by atoms with van der Waals surface area (Å²) >= 11 is 5.84. The number of hydrogen-bond donors (Lipinski definition) is 1. The van der Waals surface area contributed by atoms with E-state index < -0.39 is 0 Å². The Morgan fingerprint density at radius 3 is 2.35 bits per heavy atom. The second kappa shape index (κ2) is 6.95. The number of nitrogens with one attached hydrogen (secondary N) is 1. The van der Waals surface area contributed by atoms with Gasteiger partial charge in [0.2, 0.25) is 0 Å². The molecule has 0 spiro atoms. The standard InChI is InChI=1S/C15H22ClN3O/c1-12(2)18-7-9-19(10-8-18)15(20)17-11-13-3-5-14(16)6-4-13/h3-6,12H,7-11H2,1-2H3,(H,17,20). The maximum atomic E-state index is 12.1. The van der Waals surface area contributed by atoms with Crippen LogP contribution in [-0.2, 0) is 6.54 Å². The summed E-state index contributed by atoms with van der Waals surface area (Å²) in [7, 11) is 0. The average Bonchev–Trinajstić information content (AvgIpc) is 2.46. The third-order valence-electron chi connectivity index (χ3n) is 3.69. The monoisotopic (exact) mass is 295 g/mol. The van der Waals surface area contributed by atoms with Crippen molar-refractivity contribution < 1.29 is 4.79 Å². The van der Waals surface area contributed by atoms with Crippen molar-refractivity contribution in [3.05, 3.63) is 34.9 Å². The lowest BCUT2D eigenvalue weighted by Gasteiger charge is -2.36. The van der Waals surface area contributed by atoms with E-state index in [-0.39, 0.29) is 6.03 Å². The van der Waals surface area contributed by atoms with Crippen LogP contribution in [0.15, 0.2) is 24.3 Å². The van der Waals surface area contributed by atoms with E-state index >= 15 is 0 Å². The molecule has 0 radical (unpaired) electrons. The quantitative estimate of drug-likeness (QED) is 0.930. The molecule has 2 amide bonds. The number of urea groups is 1. The average molecular weight is 296 g/mol. The first-order valence-electron chi connectivity index (χ1n) is 7.07. The van der Waals surface area contributed by atoms with Crippen LogP contribution < -0.4 is 5.32 Å². The Kier molecular flexibility index (Phi) is 5.26. The molecule has 1 fully saturated rings. The van der Waals surface area contributed by atoms with Crippen molar-refractivity contribution in [3.63, 3.8) is 0 Å². The summed E-state index contributed by atoms with van der Waals surface area (Å²) in [5.41, 5.74) is 1.06. The minimum absolute atomic E-state index is 0.0170. The second-order valence-corrected chi connectivity index (χ2v) is 5.84. The predicted octanol–water partition coefficient (Wildman–Crippen LogP) is 2.58. The lowest BCUT2D eigenvalue weighted by atomic mass is 10.2. The van der Waals surface area contributed by atoms with Crippen LogP contribution in [0.3, 0.4) is 0 Å². The fourth-order valence-corrected chi connectivity index (χ4v) is 2.46. The fourth-order valence-electron chi connectivity index (χ4n) is 2.33. The van der Waals surface area contributed by atoms with Crippen molar-refractivity contribution >= 4 is 17.6 Å². The molecule has 1 saturated heterocycles. The molecule has 1 aliphatic heterocycles. The Hall–Kier alpha value is -1.26. The number of nitrogens with zero attached hydrogens (tertiary/aromatic N) is 2. The van der Waals surface area contributed by atoms with E-state index in [9.17, 15) is 4.79 Å². The Bertz CT molecular complexity index is 439. The zero-order valence-corrected chi connectivity index (χ0v) is 12.9. The van der Waals surface area contributed by atoms with Gasteiger partial charge in [0.25, 0.3) is 0 Å². The van der Waals surface area contributed by atoms with E-state index in [1.807, 2.05) is 29.2 Å². The molecule has 1 heterocycles. The van der Waals surface area contributed by atoms with E-state index in [1.165, 1.54) is 0 Å². The van der Waals surface area contributed by atoms with E-state index in [0.717, 1.165) is 31.7 Å². The van der Waals surface area contributed by atoms with E-state index in [1.54, 1.807) is 0 Å². The molecule has 2 rings (SSSR count). The number of piperazine rings is 1. The molecule has 0 aromatic heterocycles. The van der Waals surface area contributed by atoms with Crippen molar-refractivity contribution in [2.75, 3.05) is 26.2 Å². The maximum Gasteiger partial charge on any atom is 0.317 e. The number of rotatable bonds is 3. The third-order valence-corrected chi connectivity index (χ3v) is 3.94. The zero-order valence-electron chi connectivity index (χ0n) is 12.1. The Morgan fingerprint density at radius 2 is 1.80 bits per heavy atom. The van der Waals surface area contributed by atoms with Gasteiger partial charge in [-0.25, -0.2) is 4.79 Å². The zero-order chi connectivity index (χ0) is 14.5. The normalized spacial score (nSPS) is 16.5. The van der Waals surface area contributed by atoms with E-state index in [2.05, 4.69) is 24.1 Å². The summed E-state index contributed by atoms with van der Waals surface area (Å²) < 4.78 is 0.